The van der Waals surface area contributed by atoms with Gasteiger partial charge in [-0.3, -0.25) is 9.36 Å². The molecule has 2 aromatic carbocycles. The summed E-state index contributed by atoms with van der Waals surface area (Å²) in [4.78, 5) is 32.0. The number of aromatic nitrogens is 1. The van der Waals surface area contributed by atoms with Crippen molar-refractivity contribution in [2.24, 2.45) is 4.99 Å². The van der Waals surface area contributed by atoms with Gasteiger partial charge >= 0.3 is 5.97 Å². The van der Waals surface area contributed by atoms with Crippen LogP contribution in [0.4, 0.5) is 0 Å². The lowest BCUT2D eigenvalue weighted by molar-refractivity contribution is -0.136. The molecule has 3 aromatic rings. The molecule has 9 heteroatoms. The molecule has 2 heterocycles. The summed E-state index contributed by atoms with van der Waals surface area (Å²) in [5.74, 6) is 0.268. The number of nitrogens with zero attached hydrogens (tertiary/aromatic N) is 2. The third kappa shape index (κ3) is 5.26. The number of hydrogen-bond acceptors (Lipinski definition) is 6. The summed E-state index contributed by atoms with van der Waals surface area (Å²) in [6.07, 6.45) is 2.39. The summed E-state index contributed by atoms with van der Waals surface area (Å²) in [6, 6.07) is 13.0. The molecule has 0 bridgehead atoms. The standard InChI is InChI=1S/C26H24I2N2O4S/c1-5-19-21(25(32)33-4)22(15-9-7-6-8-10-15)30-24(31)20(35-26(30)29-19)12-16-11-17(27)13-18(28)23(16)34-14(2)3/h6-14,22H,5H2,1-4H3/b20-12+/t22-/m0/s1. The van der Waals surface area contributed by atoms with Crippen LogP contribution in [-0.2, 0) is 9.53 Å². The highest BCUT2D eigenvalue weighted by atomic mass is 127. The maximum Gasteiger partial charge on any atom is 0.338 e. The molecule has 0 saturated carbocycles. The van der Waals surface area contributed by atoms with Crippen LogP contribution < -0.4 is 19.6 Å². The Kier molecular flexibility index (Phi) is 8.16. The van der Waals surface area contributed by atoms with Gasteiger partial charge in [0.1, 0.15) is 5.75 Å². The van der Waals surface area contributed by atoms with Crippen molar-refractivity contribution in [3.63, 3.8) is 0 Å². The number of allylic oxidation sites excluding steroid dienone is 1. The normalized spacial score (nSPS) is 15.7. The van der Waals surface area contributed by atoms with Crippen LogP contribution in [0, 0.1) is 7.14 Å². The number of fused-ring (bicyclic) bond motifs is 1. The van der Waals surface area contributed by atoms with Crippen LogP contribution in [0.1, 0.15) is 44.4 Å². The summed E-state index contributed by atoms with van der Waals surface area (Å²) in [6.45, 7) is 5.90. The van der Waals surface area contributed by atoms with Gasteiger partial charge < -0.3 is 9.47 Å². The first-order valence-electron chi connectivity index (χ1n) is 11.1. The Morgan fingerprint density at radius 1 is 1.23 bits per heavy atom. The Morgan fingerprint density at radius 3 is 2.57 bits per heavy atom. The molecular weight excluding hydrogens is 690 g/mol. The molecule has 0 unspecified atom stereocenters. The molecule has 1 aromatic heterocycles. The predicted octanol–water partition coefficient (Wildman–Crippen LogP) is 4.79. The van der Waals surface area contributed by atoms with Gasteiger partial charge in [0, 0.05) is 9.13 Å². The van der Waals surface area contributed by atoms with Crippen molar-refractivity contribution in [3.05, 3.63) is 91.7 Å². The van der Waals surface area contributed by atoms with E-state index in [1.807, 2.05) is 69.3 Å². The minimum atomic E-state index is -0.612. The van der Waals surface area contributed by atoms with Gasteiger partial charge in [-0.15, -0.1) is 0 Å². The van der Waals surface area contributed by atoms with Crippen molar-refractivity contribution in [1.29, 1.82) is 0 Å². The second-order valence-electron chi connectivity index (χ2n) is 8.17. The Hall–Kier alpha value is -1.99. The number of carbonyl (C=O) groups excluding carboxylic acids is 1. The van der Waals surface area contributed by atoms with E-state index in [0.717, 1.165) is 24.0 Å². The van der Waals surface area contributed by atoms with E-state index >= 15 is 0 Å². The van der Waals surface area contributed by atoms with Gasteiger partial charge in [0.15, 0.2) is 4.80 Å². The van der Waals surface area contributed by atoms with Crippen molar-refractivity contribution in [3.8, 4) is 5.75 Å². The zero-order valence-electron chi connectivity index (χ0n) is 19.7. The molecule has 0 fully saturated rings. The third-order valence-electron chi connectivity index (χ3n) is 5.44. The molecule has 0 spiro atoms. The van der Waals surface area contributed by atoms with E-state index < -0.39 is 12.0 Å². The topological polar surface area (TPSA) is 69.9 Å². The number of benzene rings is 2. The molecule has 0 saturated heterocycles. The van der Waals surface area contributed by atoms with Gasteiger partial charge in [0.2, 0.25) is 0 Å². The molecule has 35 heavy (non-hydrogen) atoms. The summed E-state index contributed by atoms with van der Waals surface area (Å²) >= 11 is 5.84. The summed E-state index contributed by atoms with van der Waals surface area (Å²) < 4.78 is 15.4. The molecule has 1 atom stereocenters. The highest BCUT2D eigenvalue weighted by molar-refractivity contribution is 14.1. The summed E-state index contributed by atoms with van der Waals surface area (Å²) in [7, 11) is 1.35. The molecular formula is C26H24I2N2O4S. The van der Waals surface area contributed by atoms with E-state index in [1.54, 1.807) is 4.57 Å². The van der Waals surface area contributed by atoms with E-state index in [1.165, 1.54) is 18.4 Å². The molecule has 1 aliphatic rings. The van der Waals surface area contributed by atoms with E-state index in [9.17, 15) is 9.59 Å². The molecule has 6 nitrogen and oxygen atoms in total. The fourth-order valence-corrected chi connectivity index (χ4v) is 7.03. The lowest BCUT2D eigenvalue weighted by Crippen LogP contribution is -2.40. The Balaban J connectivity index is 2.00. The number of hydrogen-bond donors (Lipinski definition) is 0. The predicted molar refractivity (Wildman–Crippen MR) is 154 cm³/mol. The number of methoxy groups -OCH3 is 1. The van der Waals surface area contributed by atoms with Gasteiger partial charge in [-0.25, -0.2) is 9.79 Å². The highest BCUT2D eigenvalue weighted by Gasteiger charge is 2.33. The smallest absolute Gasteiger partial charge is 0.338 e. The van der Waals surface area contributed by atoms with Crippen molar-refractivity contribution in [1.82, 2.24) is 4.57 Å². The monoisotopic (exact) mass is 714 g/mol. The largest absolute Gasteiger partial charge is 0.489 e. The second-order valence-corrected chi connectivity index (χ2v) is 11.6. The number of thiazole rings is 1. The Morgan fingerprint density at radius 2 is 1.94 bits per heavy atom. The average Bonchev–Trinajstić information content (AvgIpc) is 3.14. The first kappa shape index (κ1) is 26.1. The summed E-state index contributed by atoms with van der Waals surface area (Å²) in [5.41, 5.74) is 2.48. The van der Waals surface area contributed by atoms with E-state index in [-0.39, 0.29) is 11.7 Å². The lowest BCUT2D eigenvalue weighted by Gasteiger charge is -2.25. The quantitative estimate of drug-likeness (QED) is 0.272. The summed E-state index contributed by atoms with van der Waals surface area (Å²) in [5, 5.41) is 0. The molecule has 182 valence electrons. The van der Waals surface area contributed by atoms with Crippen LogP contribution in [0.2, 0.25) is 0 Å². The maximum atomic E-state index is 13.8. The average molecular weight is 714 g/mol. The van der Waals surface area contributed by atoms with E-state index in [4.69, 9.17) is 14.5 Å². The van der Waals surface area contributed by atoms with Crippen LogP contribution in [0.15, 0.2) is 63.5 Å². The number of halogens is 2. The second kappa shape index (κ2) is 11.0. The van der Waals surface area contributed by atoms with E-state index in [2.05, 4.69) is 45.2 Å². The van der Waals surface area contributed by atoms with Crippen molar-refractivity contribution < 1.29 is 14.3 Å². The number of carbonyl (C=O) groups is 1. The molecule has 0 aliphatic carbocycles. The van der Waals surface area contributed by atoms with Gasteiger partial charge in [-0.2, -0.15) is 0 Å². The zero-order chi connectivity index (χ0) is 25.3. The Labute approximate surface area is 234 Å². The molecule has 0 amide bonds. The fraction of sp³-hybridized carbons (Fsp3) is 0.269. The molecule has 0 N–H and O–H groups in total. The Bertz CT molecular complexity index is 1490. The van der Waals surface area contributed by atoms with Gasteiger partial charge in [-0.1, -0.05) is 48.6 Å². The van der Waals surface area contributed by atoms with Crippen LogP contribution in [0.5, 0.6) is 5.75 Å². The minimum absolute atomic E-state index is 0.00949. The van der Waals surface area contributed by atoms with Gasteiger partial charge in [-0.05, 0) is 89.2 Å². The van der Waals surface area contributed by atoms with Crippen molar-refractivity contribution in [2.45, 2.75) is 39.3 Å². The van der Waals surface area contributed by atoms with Crippen LogP contribution in [0.25, 0.3) is 6.08 Å². The van der Waals surface area contributed by atoms with Gasteiger partial charge in [0.25, 0.3) is 5.56 Å². The highest BCUT2D eigenvalue weighted by Crippen LogP contribution is 2.32. The van der Waals surface area contributed by atoms with E-state index in [0.29, 0.717) is 27.0 Å². The molecule has 1 aliphatic heterocycles. The number of rotatable bonds is 6. The minimum Gasteiger partial charge on any atom is -0.489 e. The first-order chi connectivity index (χ1) is 16.7. The fourth-order valence-electron chi connectivity index (χ4n) is 4.00. The van der Waals surface area contributed by atoms with Crippen LogP contribution >= 0.6 is 56.5 Å². The van der Waals surface area contributed by atoms with Gasteiger partial charge in [0.05, 0.1) is 38.6 Å². The van der Waals surface area contributed by atoms with Crippen molar-refractivity contribution in [2.75, 3.05) is 7.11 Å². The third-order valence-corrected chi connectivity index (χ3v) is 7.85. The zero-order valence-corrected chi connectivity index (χ0v) is 24.8. The molecule has 4 rings (SSSR count). The number of esters is 1. The maximum absolute atomic E-state index is 13.8. The van der Waals surface area contributed by atoms with Crippen LogP contribution in [-0.4, -0.2) is 23.8 Å². The number of ether oxygens (including phenoxy) is 2. The van der Waals surface area contributed by atoms with Crippen molar-refractivity contribution >= 4 is 68.6 Å². The first-order valence-corrected chi connectivity index (χ1v) is 14.1. The van der Waals surface area contributed by atoms with Crippen LogP contribution in [0.3, 0.4) is 0 Å². The SMILES string of the molecule is CCC1=C(C(=O)OC)[C@H](c2ccccc2)n2c(s/c(=C/c3cc(I)cc(I)c3OC(C)C)c2=O)=N1. The molecule has 0 radical (unpaired) electrons. The lowest BCUT2D eigenvalue weighted by atomic mass is 9.95.